The first kappa shape index (κ1) is 15.6. The summed E-state index contributed by atoms with van der Waals surface area (Å²) in [5.74, 6) is -0.308. The predicted octanol–water partition coefficient (Wildman–Crippen LogP) is 2.58. The monoisotopic (exact) mass is 389 g/mol. The second-order valence-electron chi connectivity index (χ2n) is 5.17. The second-order valence-corrected chi connectivity index (χ2v) is 6.42. The third-order valence-corrected chi connectivity index (χ3v) is 4.38. The van der Waals surface area contributed by atoms with Gasteiger partial charge in [0.05, 0.1) is 18.6 Å². The van der Waals surface area contributed by atoms with Crippen LogP contribution in [0.1, 0.15) is 26.2 Å². The number of hydrogen-bond donors (Lipinski definition) is 1. The molecule has 5 heteroatoms. The highest BCUT2D eigenvalue weighted by atomic mass is 127. The molecule has 4 nitrogen and oxygen atoms in total. The van der Waals surface area contributed by atoms with E-state index in [0.717, 1.165) is 13.1 Å². The van der Waals surface area contributed by atoms with Gasteiger partial charge in [-0.25, -0.2) is 0 Å². The van der Waals surface area contributed by atoms with E-state index in [9.17, 15) is 9.90 Å². The number of rotatable bonds is 4. The number of ether oxygens (including phenoxy) is 1. The molecule has 0 aromatic heterocycles. The summed E-state index contributed by atoms with van der Waals surface area (Å²) in [4.78, 5) is 13.8. The number of benzene rings is 1. The van der Waals surface area contributed by atoms with Crippen LogP contribution in [-0.4, -0.2) is 36.4 Å². The molecule has 1 aromatic rings. The summed E-state index contributed by atoms with van der Waals surface area (Å²) in [6, 6.07) is 8.35. The van der Waals surface area contributed by atoms with Crippen molar-refractivity contribution in [1.82, 2.24) is 0 Å². The first-order valence-corrected chi connectivity index (χ1v) is 7.99. The third kappa shape index (κ3) is 4.09. The Morgan fingerprint density at radius 2 is 1.95 bits per heavy atom. The molecule has 1 N–H and O–H groups in total. The minimum Gasteiger partial charge on any atom is -0.466 e. The zero-order valence-corrected chi connectivity index (χ0v) is 13.8. The van der Waals surface area contributed by atoms with Crippen molar-refractivity contribution >= 4 is 34.2 Å². The van der Waals surface area contributed by atoms with Crippen LogP contribution in [0.15, 0.2) is 24.3 Å². The van der Waals surface area contributed by atoms with Crippen LogP contribution in [0.3, 0.4) is 0 Å². The van der Waals surface area contributed by atoms with Crippen LogP contribution in [0.2, 0.25) is 0 Å². The normalized spacial score (nSPS) is 17.9. The number of nitrogens with zero attached hydrogens (tertiary/aromatic N) is 1. The quantitative estimate of drug-likeness (QED) is 0.636. The summed E-state index contributed by atoms with van der Waals surface area (Å²) in [7, 11) is 0. The number of carbonyl (C=O) groups excluding carboxylic acids is 1. The molecule has 0 bridgehead atoms. The van der Waals surface area contributed by atoms with Gasteiger partial charge in [-0.05, 0) is 66.6 Å². The molecule has 2 rings (SSSR count). The lowest BCUT2D eigenvalue weighted by Crippen LogP contribution is -2.45. The number of anilines is 1. The first-order chi connectivity index (χ1) is 9.52. The summed E-state index contributed by atoms with van der Waals surface area (Å²) in [5.41, 5.74) is 0.259. The molecule has 0 spiro atoms. The fourth-order valence-corrected chi connectivity index (χ4v) is 2.85. The Labute approximate surface area is 133 Å². The molecule has 1 aliphatic heterocycles. The standard InChI is InChI=1S/C15H20INO3/c1-2-20-14(18)11-15(19)7-9-17(10-8-15)13-5-3-12(16)4-6-13/h3-6,19H,2,7-11H2,1H3. The maximum Gasteiger partial charge on any atom is 0.308 e. The number of aliphatic hydroxyl groups is 1. The van der Waals surface area contributed by atoms with Gasteiger partial charge in [-0.15, -0.1) is 0 Å². The second kappa shape index (κ2) is 6.76. The number of carbonyl (C=O) groups is 1. The highest BCUT2D eigenvalue weighted by molar-refractivity contribution is 14.1. The Balaban J connectivity index is 1.91. The lowest BCUT2D eigenvalue weighted by atomic mass is 9.88. The molecule has 20 heavy (non-hydrogen) atoms. The van der Waals surface area contributed by atoms with Crippen LogP contribution >= 0.6 is 22.6 Å². The Kier molecular flexibility index (Phi) is 5.26. The number of esters is 1. The fraction of sp³-hybridized carbons (Fsp3) is 0.533. The van der Waals surface area contributed by atoms with Gasteiger partial charge in [0.2, 0.25) is 0 Å². The molecular weight excluding hydrogens is 369 g/mol. The van der Waals surface area contributed by atoms with Crippen molar-refractivity contribution in [2.24, 2.45) is 0 Å². The molecule has 1 heterocycles. The van der Waals surface area contributed by atoms with Crippen LogP contribution in [0.25, 0.3) is 0 Å². The minimum absolute atomic E-state index is 0.0986. The number of hydrogen-bond acceptors (Lipinski definition) is 4. The van der Waals surface area contributed by atoms with Crippen molar-refractivity contribution in [2.45, 2.75) is 31.8 Å². The Morgan fingerprint density at radius 3 is 2.50 bits per heavy atom. The van der Waals surface area contributed by atoms with Gasteiger partial charge >= 0.3 is 5.97 Å². The summed E-state index contributed by atoms with van der Waals surface area (Å²) in [6.07, 6.45) is 1.29. The average molecular weight is 389 g/mol. The molecule has 1 aromatic carbocycles. The van der Waals surface area contributed by atoms with Gasteiger partial charge < -0.3 is 14.7 Å². The van der Waals surface area contributed by atoms with Gasteiger partial charge in [0.25, 0.3) is 0 Å². The predicted molar refractivity (Wildman–Crippen MR) is 86.8 cm³/mol. The fourth-order valence-electron chi connectivity index (χ4n) is 2.49. The highest BCUT2D eigenvalue weighted by Gasteiger charge is 2.35. The molecule has 0 saturated carbocycles. The lowest BCUT2D eigenvalue weighted by molar-refractivity contribution is -0.149. The van der Waals surface area contributed by atoms with E-state index in [1.807, 2.05) is 0 Å². The van der Waals surface area contributed by atoms with Gasteiger partial charge in [0.15, 0.2) is 0 Å². The van der Waals surface area contributed by atoms with E-state index in [1.165, 1.54) is 9.26 Å². The average Bonchev–Trinajstić information content (AvgIpc) is 2.40. The van der Waals surface area contributed by atoms with Crippen LogP contribution in [-0.2, 0) is 9.53 Å². The Bertz CT molecular complexity index is 453. The van der Waals surface area contributed by atoms with Gasteiger partial charge in [-0.2, -0.15) is 0 Å². The van der Waals surface area contributed by atoms with Gasteiger partial charge in [-0.1, -0.05) is 0 Å². The summed E-state index contributed by atoms with van der Waals surface area (Å²) >= 11 is 2.28. The molecular formula is C15H20INO3. The molecule has 110 valence electrons. The number of halogens is 1. The zero-order valence-electron chi connectivity index (χ0n) is 11.6. The van der Waals surface area contributed by atoms with Crippen LogP contribution in [0.5, 0.6) is 0 Å². The van der Waals surface area contributed by atoms with Crippen LogP contribution in [0, 0.1) is 3.57 Å². The van der Waals surface area contributed by atoms with E-state index in [4.69, 9.17) is 4.74 Å². The van der Waals surface area contributed by atoms with Crippen LogP contribution in [0.4, 0.5) is 5.69 Å². The Morgan fingerprint density at radius 1 is 1.35 bits per heavy atom. The zero-order chi connectivity index (χ0) is 14.6. The molecule has 0 aliphatic carbocycles. The van der Waals surface area contributed by atoms with Crippen molar-refractivity contribution in [3.05, 3.63) is 27.8 Å². The van der Waals surface area contributed by atoms with Crippen LogP contribution < -0.4 is 4.90 Å². The van der Waals surface area contributed by atoms with Gasteiger partial charge in [0, 0.05) is 22.3 Å². The van der Waals surface area contributed by atoms with Gasteiger partial charge in [0.1, 0.15) is 0 Å². The summed E-state index contributed by atoms with van der Waals surface area (Å²) < 4.78 is 6.13. The van der Waals surface area contributed by atoms with E-state index in [0.29, 0.717) is 19.4 Å². The minimum atomic E-state index is -0.911. The van der Waals surface area contributed by atoms with Crippen molar-refractivity contribution in [2.75, 3.05) is 24.6 Å². The van der Waals surface area contributed by atoms with E-state index in [2.05, 4.69) is 51.8 Å². The van der Waals surface area contributed by atoms with Crippen molar-refractivity contribution in [3.63, 3.8) is 0 Å². The van der Waals surface area contributed by atoms with Gasteiger partial charge in [-0.3, -0.25) is 4.79 Å². The topological polar surface area (TPSA) is 49.8 Å². The smallest absolute Gasteiger partial charge is 0.308 e. The van der Waals surface area contributed by atoms with Crippen molar-refractivity contribution in [1.29, 1.82) is 0 Å². The Hall–Kier alpha value is -0.820. The van der Waals surface area contributed by atoms with E-state index >= 15 is 0 Å². The first-order valence-electron chi connectivity index (χ1n) is 6.91. The molecule has 0 radical (unpaired) electrons. The molecule has 0 amide bonds. The highest BCUT2D eigenvalue weighted by Crippen LogP contribution is 2.29. The maximum absolute atomic E-state index is 11.5. The summed E-state index contributed by atoms with van der Waals surface area (Å²) in [5, 5.41) is 10.4. The third-order valence-electron chi connectivity index (χ3n) is 3.66. The van der Waals surface area contributed by atoms with Crippen molar-refractivity contribution < 1.29 is 14.6 Å². The number of piperidine rings is 1. The largest absolute Gasteiger partial charge is 0.466 e. The summed E-state index contributed by atoms with van der Waals surface area (Å²) in [6.45, 7) is 3.66. The molecule has 1 fully saturated rings. The molecule has 0 unspecified atom stereocenters. The SMILES string of the molecule is CCOC(=O)CC1(O)CCN(c2ccc(I)cc2)CC1. The van der Waals surface area contributed by atoms with E-state index in [1.54, 1.807) is 6.92 Å². The molecule has 1 saturated heterocycles. The lowest BCUT2D eigenvalue weighted by Gasteiger charge is -2.38. The van der Waals surface area contributed by atoms with E-state index < -0.39 is 5.60 Å². The van der Waals surface area contributed by atoms with E-state index in [-0.39, 0.29) is 12.4 Å². The molecule has 1 aliphatic rings. The van der Waals surface area contributed by atoms with Crippen molar-refractivity contribution in [3.8, 4) is 0 Å². The molecule has 0 atom stereocenters. The maximum atomic E-state index is 11.5.